The first-order valence-electron chi connectivity index (χ1n) is 10.7. The minimum absolute atomic E-state index is 0. The summed E-state index contributed by atoms with van der Waals surface area (Å²) in [6, 6.07) is 15.9. The Balaban J connectivity index is 0.00000363. The third-order valence-corrected chi connectivity index (χ3v) is 5.19. The van der Waals surface area contributed by atoms with Crippen molar-refractivity contribution in [2.24, 2.45) is 4.99 Å². The summed E-state index contributed by atoms with van der Waals surface area (Å²) in [6.07, 6.45) is 1.60. The van der Waals surface area contributed by atoms with E-state index in [9.17, 15) is 4.79 Å². The lowest BCUT2D eigenvalue weighted by atomic mass is 10.1. The first-order valence-corrected chi connectivity index (χ1v) is 10.7. The number of amides is 1. The second-order valence-corrected chi connectivity index (χ2v) is 7.65. The molecule has 0 spiro atoms. The molecule has 1 saturated heterocycles. The molecular weight excluding hydrogens is 519 g/mol. The molecule has 8 heteroatoms. The molecule has 0 bridgehead atoms. The molecule has 0 aliphatic carbocycles. The van der Waals surface area contributed by atoms with Crippen molar-refractivity contribution in [3.05, 3.63) is 59.7 Å². The highest BCUT2D eigenvalue weighted by atomic mass is 127. The Morgan fingerprint density at radius 1 is 1.12 bits per heavy atom. The van der Waals surface area contributed by atoms with Gasteiger partial charge >= 0.3 is 0 Å². The van der Waals surface area contributed by atoms with Gasteiger partial charge in [-0.15, -0.1) is 24.0 Å². The fourth-order valence-corrected chi connectivity index (χ4v) is 3.45. The lowest BCUT2D eigenvalue weighted by Crippen LogP contribution is -2.41. The SMILES string of the molecule is CN=C(NCc1ccc(CN2CCCC2=O)cc1)NCC(C)Oc1cccc(OC)c1.I. The molecule has 2 aromatic carbocycles. The maximum absolute atomic E-state index is 11.8. The highest BCUT2D eigenvalue weighted by Crippen LogP contribution is 2.19. The standard InChI is InChI=1S/C24H32N4O3.HI/c1-18(31-22-7-4-6-21(14-22)30-3)15-26-24(25-2)27-16-19-9-11-20(12-10-19)17-28-13-5-8-23(28)29;/h4,6-7,9-12,14,18H,5,8,13,15-17H2,1-3H3,(H2,25,26,27);1H. The van der Waals surface area contributed by atoms with Gasteiger partial charge in [0.1, 0.15) is 17.6 Å². The van der Waals surface area contributed by atoms with Crippen molar-refractivity contribution in [3.8, 4) is 11.5 Å². The first-order chi connectivity index (χ1) is 15.1. The quantitative estimate of drug-likeness (QED) is 0.283. The third-order valence-electron chi connectivity index (χ3n) is 5.19. The molecule has 32 heavy (non-hydrogen) atoms. The molecular formula is C24H33IN4O3. The molecule has 1 unspecified atom stereocenters. The van der Waals surface area contributed by atoms with Crippen LogP contribution in [0, 0.1) is 0 Å². The number of carbonyl (C=O) groups is 1. The number of methoxy groups -OCH3 is 1. The van der Waals surface area contributed by atoms with Crippen molar-refractivity contribution in [2.45, 2.75) is 39.0 Å². The second-order valence-electron chi connectivity index (χ2n) is 7.65. The monoisotopic (exact) mass is 552 g/mol. The van der Waals surface area contributed by atoms with Crippen molar-refractivity contribution in [1.82, 2.24) is 15.5 Å². The van der Waals surface area contributed by atoms with Crippen LogP contribution in [0.2, 0.25) is 0 Å². The highest BCUT2D eigenvalue weighted by Gasteiger charge is 2.19. The lowest BCUT2D eigenvalue weighted by Gasteiger charge is -2.18. The Morgan fingerprint density at radius 2 is 1.84 bits per heavy atom. The van der Waals surface area contributed by atoms with E-state index < -0.39 is 0 Å². The van der Waals surface area contributed by atoms with Gasteiger partial charge in [0.2, 0.25) is 5.91 Å². The van der Waals surface area contributed by atoms with Crippen LogP contribution in [-0.2, 0) is 17.9 Å². The van der Waals surface area contributed by atoms with E-state index in [0.717, 1.165) is 35.6 Å². The molecule has 1 aliphatic rings. The smallest absolute Gasteiger partial charge is 0.222 e. The van der Waals surface area contributed by atoms with Crippen LogP contribution < -0.4 is 20.1 Å². The number of nitrogens with one attached hydrogen (secondary N) is 2. The molecule has 1 fully saturated rings. The van der Waals surface area contributed by atoms with Crippen LogP contribution in [0.1, 0.15) is 30.9 Å². The molecule has 174 valence electrons. The number of carbonyl (C=O) groups excluding carboxylic acids is 1. The third kappa shape index (κ3) is 7.89. The second kappa shape index (κ2) is 13.1. The molecule has 1 heterocycles. The minimum atomic E-state index is -0.0433. The van der Waals surface area contributed by atoms with Crippen LogP contribution in [0.4, 0.5) is 0 Å². The number of guanidine groups is 1. The topological polar surface area (TPSA) is 75.2 Å². The summed E-state index contributed by atoms with van der Waals surface area (Å²) in [5, 5.41) is 6.61. The van der Waals surface area contributed by atoms with E-state index in [0.29, 0.717) is 32.0 Å². The number of likely N-dealkylation sites (tertiary alicyclic amines) is 1. The van der Waals surface area contributed by atoms with Crippen LogP contribution in [0.3, 0.4) is 0 Å². The van der Waals surface area contributed by atoms with Crippen molar-refractivity contribution in [2.75, 3.05) is 27.2 Å². The molecule has 0 saturated carbocycles. The predicted molar refractivity (Wildman–Crippen MR) is 138 cm³/mol. The molecule has 1 amide bonds. The van der Waals surface area contributed by atoms with Gasteiger partial charge in [0.25, 0.3) is 0 Å². The van der Waals surface area contributed by atoms with E-state index in [1.165, 1.54) is 0 Å². The number of hydrogen-bond donors (Lipinski definition) is 2. The van der Waals surface area contributed by atoms with Crippen molar-refractivity contribution in [3.63, 3.8) is 0 Å². The summed E-state index contributed by atoms with van der Waals surface area (Å²) in [4.78, 5) is 18.0. The Morgan fingerprint density at radius 3 is 2.50 bits per heavy atom. The van der Waals surface area contributed by atoms with Crippen molar-refractivity contribution >= 4 is 35.8 Å². The summed E-state index contributed by atoms with van der Waals surface area (Å²) in [5.41, 5.74) is 2.31. The zero-order chi connectivity index (χ0) is 22.1. The first kappa shape index (κ1) is 25.8. The van der Waals surface area contributed by atoms with Gasteiger partial charge < -0.3 is 25.0 Å². The molecule has 7 nitrogen and oxygen atoms in total. The number of ether oxygens (including phenoxy) is 2. The van der Waals surface area contributed by atoms with E-state index in [1.54, 1.807) is 14.2 Å². The Labute approximate surface area is 207 Å². The molecule has 0 aromatic heterocycles. The van der Waals surface area contributed by atoms with Gasteiger partial charge in [-0.25, -0.2) is 0 Å². The van der Waals surface area contributed by atoms with E-state index >= 15 is 0 Å². The Hall–Kier alpha value is -2.49. The van der Waals surface area contributed by atoms with Gasteiger partial charge in [0, 0.05) is 39.2 Å². The average Bonchev–Trinajstić information content (AvgIpc) is 3.19. The summed E-state index contributed by atoms with van der Waals surface area (Å²) >= 11 is 0. The molecule has 1 aliphatic heterocycles. The molecule has 1 atom stereocenters. The number of rotatable bonds is 9. The van der Waals surface area contributed by atoms with E-state index in [2.05, 4.69) is 39.9 Å². The Kier molecular flexibility index (Phi) is 10.6. The largest absolute Gasteiger partial charge is 0.497 e. The number of hydrogen-bond acceptors (Lipinski definition) is 4. The normalized spacial score (nSPS) is 14.5. The summed E-state index contributed by atoms with van der Waals surface area (Å²) in [7, 11) is 3.39. The molecule has 3 rings (SSSR count). The summed E-state index contributed by atoms with van der Waals surface area (Å²) < 4.78 is 11.2. The van der Waals surface area contributed by atoms with Crippen LogP contribution >= 0.6 is 24.0 Å². The summed E-state index contributed by atoms with van der Waals surface area (Å²) in [5.74, 6) is 2.51. The van der Waals surface area contributed by atoms with Crippen LogP contribution in [0.25, 0.3) is 0 Å². The average molecular weight is 552 g/mol. The maximum atomic E-state index is 11.8. The summed E-state index contributed by atoms with van der Waals surface area (Å²) in [6.45, 7) is 4.84. The van der Waals surface area contributed by atoms with Crippen molar-refractivity contribution in [1.29, 1.82) is 0 Å². The van der Waals surface area contributed by atoms with Gasteiger partial charge in [-0.2, -0.15) is 0 Å². The Bertz CT molecular complexity index is 889. The molecule has 2 N–H and O–H groups in total. The van der Waals surface area contributed by atoms with Gasteiger partial charge in [0.05, 0.1) is 13.7 Å². The minimum Gasteiger partial charge on any atom is -0.497 e. The van der Waals surface area contributed by atoms with Crippen LogP contribution in [0.5, 0.6) is 11.5 Å². The predicted octanol–water partition coefficient (Wildman–Crippen LogP) is 3.57. The molecule has 2 aromatic rings. The number of halogens is 1. The van der Waals surface area contributed by atoms with Gasteiger partial charge in [-0.05, 0) is 36.6 Å². The lowest BCUT2D eigenvalue weighted by molar-refractivity contribution is -0.128. The van der Waals surface area contributed by atoms with Crippen LogP contribution in [0.15, 0.2) is 53.5 Å². The molecule has 0 radical (unpaired) electrons. The van der Waals surface area contributed by atoms with Crippen molar-refractivity contribution < 1.29 is 14.3 Å². The number of nitrogens with zero attached hydrogens (tertiary/aromatic N) is 2. The number of benzene rings is 2. The van der Waals surface area contributed by atoms with Gasteiger partial charge in [-0.3, -0.25) is 9.79 Å². The van der Waals surface area contributed by atoms with E-state index in [4.69, 9.17) is 9.47 Å². The van der Waals surface area contributed by atoms with E-state index in [1.807, 2.05) is 36.1 Å². The van der Waals surface area contributed by atoms with Crippen LogP contribution in [-0.4, -0.2) is 50.1 Å². The number of aliphatic imine (C=N–C) groups is 1. The van der Waals surface area contributed by atoms with E-state index in [-0.39, 0.29) is 36.0 Å². The van der Waals surface area contributed by atoms with Gasteiger partial charge in [-0.1, -0.05) is 30.3 Å². The fraction of sp³-hybridized carbons (Fsp3) is 0.417. The van der Waals surface area contributed by atoms with Gasteiger partial charge in [0.15, 0.2) is 5.96 Å². The zero-order valence-corrected chi connectivity index (χ0v) is 21.3. The fourth-order valence-electron chi connectivity index (χ4n) is 3.45. The zero-order valence-electron chi connectivity index (χ0n) is 19.0. The maximum Gasteiger partial charge on any atom is 0.222 e. The highest BCUT2D eigenvalue weighted by molar-refractivity contribution is 14.0.